The Hall–Kier alpha value is -2.35. The lowest BCUT2D eigenvalue weighted by Gasteiger charge is -2.35. The van der Waals surface area contributed by atoms with Crippen molar-refractivity contribution in [2.75, 3.05) is 50.0 Å². The fourth-order valence-corrected chi connectivity index (χ4v) is 3.96. The molecule has 28 heavy (non-hydrogen) atoms. The van der Waals surface area contributed by atoms with Crippen molar-refractivity contribution in [3.05, 3.63) is 35.3 Å². The zero-order valence-electron chi connectivity index (χ0n) is 16.0. The number of anilines is 2. The van der Waals surface area contributed by atoms with Gasteiger partial charge in [0.05, 0.1) is 23.8 Å². The van der Waals surface area contributed by atoms with Crippen LogP contribution in [0.1, 0.15) is 12.8 Å². The van der Waals surface area contributed by atoms with Gasteiger partial charge in [0.1, 0.15) is 0 Å². The Morgan fingerprint density at radius 1 is 1.29 bits per heavy atom. The highest BCUT2D eigenvalue weighted by Gasteiger charge is 2.29. The van der Waals surface area contributed by atoms with E-state index >= 15 is 0 Å². The molecule has 8 heteroatoms. The van der Waals surface area contributed by atoms with Crippen LogP contribution in [0.15, 0.2) is 35.3 Å². The summed E-state index contributed by atoms with van der Waals surface area (Å²) in [5, 5.41) is 3.02. The summed E-state index contributed by atoms with van der Waals surface area (Å²) in [5.41, 5.74) is 1.50. The molecule has 1 atom stereocenters. The van der Waals surface area contributed by atoms with Crippen LogP contribution in [0.2, 0.25) is 0 Å². The number of hydrogen-bond donors (Lipinski definition) is 1. The van der Waals surface area contributed by atoms with E-state index in [-0.39, 0.29) is 30.2 Å². The van der Waals surface area contributed by atoms with Gasteiger partial charge in [0.15, 0.2) is 0 Å². The van der Waals surface area contributed by atoms with Gasteiger partial charge in [-0.1, -0.05) is 22.5 Å². The van der Waals surface area contributed by atoms with E-state index in [9.17, 15) is 14.4 Å². The third kappa shape index (κ3) is 4.55. The summed E-state index contributed by atoms with van der Waals surface area (Å²) in [4.78, 5) is 42.2. The lowest BCUT2D eigenvalue weighted by atomic mass is 9.97. The summed E-state index contributed by atoms with van der Waals surface area (Å²) in [6.45, 7) is 6.21. The number of likely N-dealkylation sites (tertiary alicyclic amines) is 1. The predicted octanol–water partition coefficient (Wildman–Crippen LogP) is 2.09. The van der Waals surface area contributed by atoms with Crippen molar-refractivity contribution in [3.63, 3.8) is 0 Å². The molecule has 0 saturated carbocycles. The van der Waals surface area contributed by atoms with Gasteiger partial charge >= 0.3 is 0 Å². The summed E-state index contributed by atoms with van der Waals surface area (Å²) in [5.74, 6) is -0.464. The molecule has 1 aromatic rings. The van der Waals surface area contributed by atoms with Crippen LogP contribution in [0.3, 0.4) is 0 Å². The molecule has 0 aromatic heterocycles. The van der Waals surface area contributed by atoms with Crippen LogP contribution >= 0.6 is 15.9 Å². The zero-order chi connectivity index (χ0) is 20.3. The first-order chi connectivity index (χ1) is 13.4. The molecule has 0 spiro atoms. The van der Waals surface area contributed by atoms with Crippen molar-refractivity contribution in [1.82, 2.24) is 9.80 Å². The monoisotopic (exact) mass is 448 g/mol. The second kappa shape index (κ2) is 8.77. The molecule has 0 radical (unpaired) electrons. The number of piperazine rings is 1. The molecular formula is C20H25BrN4O3. The fourth-order valence-electron chi connectivity index (χ4n) is 3.60. The minimum Gasteiger partial charge on any atom is -0.359 e. The molecule has 2 heterocycles. The molecule has 3 rings (SSSR count). The van der Waals surface area contributed by atoms with Gasteiger partial charge in [0, 0.05) is 37.7 Å². The van der Waals surface area contributed by atoms with Crippen molar-refractivity contribution < 1.29 is 14.4 Å². The van der Waals surface area contributed by atoms with Crippen LogP contribution in [0.4, 0.5) is 11.4 Å². The summed E-state index contributed by atoms with van der Waals surface area (Å²) in [6, 6.07) is 5.66. The molecule has 1 N–H and O–H groups in total. The molecule has 7 nitrogen and oxygen atoms in total. The molecule has 3 amide bonds. The van der Waals surface area contributed by atoms with E-state index in [0.717, 1.165) is 23.0 Å². The Morgan fingerprint density at radius 2 is 2.07 bits per heavy atom. The average Bonchev–Trinajstić information content (AvgIpc) is 2.70. The number of likely N-dealkylation sites (N-methyl/N-ethyl adjacent to an activating group) is 1. The predicted molar refractivity (Wildman–Crippen MR) is 112 cm³/mol. The molecule has 0 bridgehead atoms. The normalized spacial score (nSPS) is 20.1. The summed E-state index contributed by atoms with van der Waals surface area (Å²) in [6.07, 6.45) is 2.82. The van der Waals surface area contributed by atoms with Crippen LogP contribution in [0.5, 0.6) is 0 Å². The van der Waals surface area contributed by atoms with Gasteiger partial charge in [0.25, 0.3) is 0 Å². The van der Waals surface area contributed by atoms with Gasteiger partial charge in [-0.2, -0.15) is 0 Å². The maximum absolute atomic E-state index is 12.9. The number of carbonyl (C=O) groups excluding carboxylic acids is 3. The Morgan fingerprint density at radius 3 is 2.79 bits per heavy atom. The van der Waals surface area contributed by atoms with Crippen molar-refractivity contribution >= 4 is 45.0 Å². The van der Waals surface area contributed by atoms with Crippen molar-refractivity contribution in [2.24, 2.45) is 5.92 Å². The summed E-state index contributed by atoms with van der Waals surface area (Å²) in [7, 11) is 1.79. The molecular weight excluding hydrogens is 424 g/mol. The Kier molecular flexibility index (Phi) is 6.39. The van der Waals surface area contributed by atoms with Gasteiger partial charge in [-0.05, 0) is 37.1 Å². The number of hydrogen-bond acceptors (Lipinski definition) is 4. The number of halogens is 1. The van der Waals surface area contributed by atoms with E-state index < -0.39 is 0 Å². The molecule has 1 aromatic carbocycles. The summed E-state index contributed by atoms with van der Waals surface area (Å²) < 4.78 is 0.846. The Balaban J connectivity index is 1.75. The standard InChI is InChI=1S/C20H25BrN4O3/c1-3-18(26)25-8-4-5-14(12-25)20(28)22-16-11-15(21)6-7-17(16)24-10-9-23(2)19(27)13-24/h3,6-7,11,14H,1,4-5,8-10,12-13H2,2H3,(H,22,28). The average molecular weight is 449 g/mol. The van der Waals surface area contributed by atoms with Crippen LogP contribution < -0.4 is 10.2 Å². The maximum atomic E-state index is 12.9. The Labute approximate surface area is 173 Å². The smallest absolute Gasteiger partial charge is 0.245 e. The highest BCUT2D eigenvalue weighted by atomic mass is 79.9. The number of rotatable bonds is 4. The molecule has 2 saturated heterocycles. The van der Waals surface area contributed by atoms with Crippen molar-refractivity contribution in [3.8, 4) is 0 Å². The minimum absolute atomic E-state index is 0.0531. The van der Waals surface area contributed by atoms with E-state index in [1.54, 1.807) is 16.8 Å². The third-order valence-electron chi connectivity index (χ3n) is 5.29. The van der Waals surface area contributed by atoms with Gasteiger partial charge in [-0.25, -0.2) is 0 Å². The SMILES string of the molecule is C=CC(=O)N1CCCC(C(=O)Nc2cc(Br)ccc2N2CCN(C)C(=O)C2)C1. The minimum atomic E-state index is -0.265. The zero-order valence-corrected chi connectivity index (χ0v) is 17.6. The highest BCUT2D eigenvalue weighted by molar-refractivity contribution is 9.10. The molecule has 2 fully saturated rings. The van der Waals surface area contributed by atoms with Crippen LogP contribution in [-0.4, -0.2) is 67.3 Å². The van der Waals surface area contributed by atoms with E-state index in [1.807, 2.05) is 23.1 Å². The largest absolute Gasteiger partial charge is 0.359 e. The summed E-state index contributed by atoms with van der Waals surface area (Å²) >= 11 is 3.46. The molecule has 1 unspecified atom stereocenters. The second-order valence-electron chi connectivity index (χ2n) is 7.22. The highest BCUT2D eigenvalue weighted by Crippen LogP contribution is 2.31. The molecule has 2 aliphatic heterocycles. The Bertz CT molecular complexity index is 798. The topological polar surface area (TPSA) is 73.0 Å². The lowest BCUT2D eigenvalue weighted by Crippen LogP contribution is -2.49. The van der Waals surface area contributed by atoms with Crippen LogP contribution in [0, 0.1) is 5.92 Å². The molecule has 150 valence electrons. The van der Waals surface area contributed by atoms with E-state index in [4.69, 9.17) is 0 Å². The number of nitrogens with one attached hydrogen (secondary N) is 1. The van der Waals surface area contributed by atoms with Crippen LogP contribution in [0.25, 0.3) is 0 Å². The molecule has 2 aliphatic rings. The lowest BCUT2D eigenvalue weighted by molar-refractivity contribution is -0.130. The molecule has 0 aliphatic carbocycles. The third-order valence-corrected chi connectivity index (χ3v) is 5.79. The van der Waals surface area contributed by atoms with Crippen molar-refractivity contribution in [2.45, 2.75) is 12.8 Å². The van der Waals surface area contributed by atoms with Gasteiger partial charge in [-0.3, -0.25) is 14.4 Å². The quantitative estimate of drug-likeness (QED) is 0.715. The van der Waals surface area contributed by atoms with Gasteiger partial charge in [0.2, 0.25) is 17.7 Å². The van der Waals surface area contributed by atoms with Gasteiger partial charge in [-0.15, -0.1) is 0 Å². The van der Waals surface area contributed by atoms with Crippen LogP contribution in [-0.2, 0) is 14.4 Å². The number of benzene rings is 1. The number of amides is 3. The first-order valence-corrected chi connectivity index (χ1v) is 10.2. The fraction of sp³-hybridized carbons (Fsp3) is 0.450. The van der Waals surface area contributed by atoms with E-state index in [2.05, 4.69) is 27.8 Å². The number of nitrogens with zero attached hydrogens (tertiary/aromatic N) is 3. The van der Waals surface area contributed by atoms with E-state index in [1.165, 1.54) is 6.08 Å². The van der Waals surface area contributed by atoms with Gasteiger partial charge < -0.3 is 20.0 Å². The second-order valence-corrected chi connectivity index (χ2v) is 8.13. The van der Waals surface area contributed by atoms with E-state index in [0.29, 0.717) is 31.9 Å². The first-order valence-electron chi connectivity index (χ1n) is 9.39. The number of piperidine rings is 1. The maximum Gasteiger partial charge on any atom is 0.245 e. The number of carbonyl (C=O) groups is 3. The van der Waals surface area contributed by atoms with Crippen molar-refractivity contribution in [1.29, 1.82) is 0 Å². The first kappa shape index (κ1) is 20.4.